The highest BCUT2D eigenvalue weighted by atomic mass is 16.5. The van der Waals surface area contributed by atoms with Gasteiger partial charge in [0, 0.05) is 0 Å². The molecule has 1 aliphatic heterocycles. The zero-order valence-corrected chi connectivity index (χ0v) is 9.95. The van der Waals surface area contributed by atoms with Crippen LogP contribution in [0.25, 0.3) is 0 Å². The molecule has 88 valence electrons. The molecule has 16 heavy (non-hydrogen) atoms. The van der Waals surface area contributed by atoms with E-state index in [1.54, 1.807) is 7.11 Å². The van der Waals surface area contributed by atoms with Crippen molar-refractivity contribution < 1.29 is 9.47 Å². The van der Waals surface area contributed by atoms with Gasteiger partial charge in [-0.1, -0.05) is 6.07 Å². The summed E-state index contributed by atoms with van der Waals surface area (Å²) in [6, 6.07) is 6.04. The molecule has 0 unspecified atom stereocenters. The van der Waals surface area contributed by atoms with Crippen molar-refractivity contribution in [2.45, 2.75) is 25.9 Å². The molecule has 0 atom stereocenters. The first-order chi connectivity index (χ1) is 7.79. The van der Waals surface area contributed by atoms with E-state index in [9.17, 15) is 0 Å². The van der Waals surface area contributed by atoms with Crippen LogP contribution in [0.1, 0.15) is 18.4 Å². The van der Waals surface area contributed by atoms with E-state index in [1.165, 1.54) is 5.56 Å². The van der Waals surface area contributed by atoms with Gasteiger partial charge >= 0.3 is 0 Å². The Morgan fingerprint density at radius 1 is 1.19 bits per heavy atom. The molecule has 3 nitrogen and oxygen atoms in total. The van der Waals surface area contributed by atoms with Crippen molar-refractivity contribution in [3.05, 3.63) is 23.8 Å². The predicted molar refractivity (Wildman–Crippen MR) is 64.3 cm³/mol. The Hall–Kier alpha value is -1.22. The van der Waals surface area contributed by atoms with Gasteiger partial charge in [0.15, 0.2) is 11.5 Å². The van der Waals surface area contributed by atoms with Crippen LogP contribution in [-0.4, -0.2) is 26.3 Å². The number of hydrogen-bond donors (Lipinski definition) is 1. The molecule has 1 heterocycles. The summed E-state index contributed by atoms with van der Waals surface area (Å²) >= 11 is 0. The number of methoxy groups -OCH3 is 1. The molecule has 0 aromatic heterocycles. The van der Waals surface area contributed by atoms with Crippen LogP contribution in [0.5, 0.6) is 11.5 Å². The topological polar surface area (TPSA) is 30.5 Å². The Bertz CT molecular complexity index is 346. The largest absolute Gasteiger partial charge is 0.493 e. The molecule has 0 radical (unpaired) electrons. The maximum absolute atomic E-state index is 5.99. The van der Waals surface area contributed by atoms with Crippen LogP contribution >= 0.6 is 0 Å². The number of nitrogens with one attached hydrogen (secondary N) is 1. The number of hydrogen-bond acceptors (Lipinski definition) is 3. The van der Waals surface area contributed by atoms with Gasteiger partial charge in [0.1, 0.15) is 6.10 Å². The van der Waals surface area contributed by atoms with Gasteiger partial charge in [-0.3, -0.25) is 0 Å². The third kappa shape index (κ3) is 2.67. The molecule has 3 heteroatoms. The fourth-order valence-corrected chi connectivity index (χ4v) is 1.97. The highest BCUT2D eigenvalue weighted by Crippen LogP contribution is 2.29. The molecule has 1 aliphatic rings. The molecule has 1 N–H and O–H groups in total. The minimum absolute atomic E-state index is 0.317. The van der Waals surface area contributed by atoms with E-state index < -0.39 is 0 Å². The summed E-state index contributed by atoms with van der Waals surface area (Å²) in [5, 5.41) is 3.33. The van der Waals surface area contributed by atoms with Crippen molar-refractivity contribution in [3.63, 3.8) is 0 Å². The second kappa shape index (κ2) is 5.21. The number of rotatable bonds is 3. The van der Waals surface area contributed by atoms with Gasteiger partial charge in [-0.2, -0.15) is 0 Å². The maximum Gasteiger partial charge on any atom is 0.161 e. The van der Waals surface area contributed by atoms with Crippen molar-refractivity contribution in [1.82, 2.24) is 5.32 Å². The highest BCUT2D eigenvalue weighted by molar-refractivity contribution is 5.42. The molecule has 1 aromatic rings. The molecule has 1 aromatic carbocycles. The zero-order valence-electron chi connectivity index (χ0n) is 9.95. The number of piperidine rings is 1. The third-order valence-electron chi connectivity index (χ3n) is 2.90. The quantitative estimate of drug-likeness (QED) is 0.848. The van der Waals surface area contributed by atoms with E-state index in [0.717, 1.165) is 37.4 Å². The third-order valence-corrected chi connectivity index (χ3v) is 2.90. The van der Waals surface area contributed by atoms with Crippen LogP contribution < -0.4 is 14.8 Å². The lowest BCUT2D eigenvalue weighted by atomic mass is 10.1. The molecule has 0 aliphatic carbocycles. The summed E-state index contributed by atoms with van der Waals surface area (Å²) in [5.41, 5.74) is 1.20. The lowest BCUT2D eigenvalue weighted by molar-refractivity contribution is 0.156. The monoisotopic (exact) mass is 221 g/mol. The van der Waals surface area contributed by atoms with Crippen LogP contribution in [0.15, 0.2) is 18.2 Å². The minimum atomic E-state index is 0.317. The van der Waals surface area contributed by atoms with Crippen molar-refractivity contribution in [1.29, 1.82) is 0 Å². The lowest BCUT2D eigenvalue weighted by Crippen LogP contribution is -2.34. The van der Waals surface area contributed by atoms with E-state index in [-0.39, 0.29) is 0 Å². The van der Waals surface area contributed by atoms with Crippen LogP contribution in [0.4, 0.5) is 0 Å². The summed E-state index contributed by atoms with van der Waals surface area (Å²) in [5.74, 6) is 1.69. The summed E-state index contributed by atoms with van der Waals surface area (Å²) in [6.45, 7) is 4.15. The SMILES string of the molecule is COc1ccc(C)cc1OC1CCNCC1. The Balaban J connectivity index is 2.09. The molecule has 2 rings (SSSR count). The second-order valence-corrected chi connectivity index (χ2v) is 4.22. The Kier molecular flexibility index (Phi) is 3.67. The molecule has 0 bridgehead atoms. The number of aryl methyl sites for hydroxylation is 1. The first-order valence-electron chi connectivity index (χ1n) is 5.81. The van der Waals surface area contributed by atoms with E-state index >= 15 is 0 Å². The molecule has 1 fully saturated rings. The molecular formula is C13H19NO2. The van der Waals surface area contributed by atoms with E-state index in [2.05, 4.69) is 12.2 Å². The summed E-state index contributed by atoms with van der Waals surface area (Å²) in [4.78, 5) is 0. The average Bonchev–Trinajstić information content (AvgIpc) is 2.31. The van der Waals surface area contributed by atoms with Gasteiger partial charge in [0.25, 0.3) is 0 Å². The Labute approximate surface area is 96.8 Å². The van der Waals surface area contributed by atoms with Crippen molar-refractivity contribution >= 4 is 0 Å². The Morgan fingerprint density at radius 3 is 2.62 bits per heavy atom. The first-order valence-corrected chi connectivity index (χ1v) is 5.81. The van der Waals surface area contributed by atoms with E-state index in [1.807, 2.05) is 18.2 Å². The Morgan fingerprint density at radius 2 is 1.94 bits per heavy atom. The van der Waals surface area contributed by atoms with Crippen molar-refractivity contribution in [2.24, 2.45) is 0 Å². The fourth-order valence-electron chi connectivity index (χ4n) is 1.97. The zero-order chi connectivity index (χ0) is 11.4. The van der Waals surface area contributed by atoms with Crippen LogP contribution in [0.3, 0.4) is 0 Å². The van der Waals surface area contributed by atoms with Gasteiger partial charge in [-0.05, 0) is 50.6 Å². The molecule has 0 amide bonds. The van der Waals surface area contributed by atoms with Gasteiger partial charge in [-0.15, -0.1) is 0 Å². The highest BCUT2D eigenvalue weighted by Gasteiger charge is 2.16. The van der Waals surface area contributed by atoms with Gasteiger partial charge in [0.2, 0.25) is 0 Å². The predicted octanol–water partition coefficient (Wildman–Crippen LogP) is 2.13. The van der Waals surface area contributed by atoms with E-state index in [4.69, 9.17) is 9.47 Å². The van der Waals surface area contributed by atoms with Gasteiger partial charge in [0.05, 0.1) is 7.11 Å². The number of ether oxygens (including phenoxy) is 2. The summed E-state index contributed by atoms with van der Waals surface area (Å²) < 4.78 is 11.3. The summed E-state index contributed by atoms with van der Waals surface area (Å²) in [7, 11) is 1.68. The fraction of sp³-hybridized carbons (Fsp3) is 0.538. The van der Waals surface area contributed by atoms with Gasteiger partial charge < -0.3 is 14.8 Å². The van der Waals surface area contributed by atoms with Crippen LogP contribution in [-0.2, 0) is 0 Å². The molecule has 0 spiro atoms. The minimum Gasteiger partial charge on any atom is -0.493 e. The smallest absolute Gasteiger partial charge is 0.161 e. The normalized spacial score (nSPS) is 17.1. The van der Waals surface area contributed by atoms with E-state index in [0.29, 0.717) is 6.10 Å². The number of benzene rings is 1. The molecule has 0 saturated carbocycles. The second-order valence-electron chi connectivity index (χ2n) is 4.22. The lowest BCUT2D eigenvalue weighted by Gasteiger charge is -2.24. The molecular weight excluding hydrogens is 202 g/mol. The standard InChI is InChI=1S/C13H19NO2/c1-10-3-4-12(15-2)13(9-10)16-11-5-7-14-8-6-11/h3-4,9,11,14H,5-8H2,1-2H3. The first kappa shape index (κ1) is 11.3. The van der Waals surface area contributed by atoms with Crippen molar-refractivity contribution in [2.75, 3.05) is 20.2 Å². The van der Waals surface area contributed by atoms with Crippen LogP contribution in [0.2, 0.25) is 0 Å². The summed E-state index contributed by atoms with van der Waals surface area (Å²) in [6.07, 6.45) is 2.45. The molecule has 1 saturated heterocycles. The average molecular weight is 221 g/mol. The van der Waals surface area contributed by atoms with Gasteiger partial charge in [-0.25, -0.2) is 0 Å². The van der Waals surface area contributed by atoms with Crippen molar-refractivity contribution in [3.8, 4) is 11.5 Å². The maximum atomic E-state index is 5.99. The van der Waals surface area contributed by atoms with Crippen LogP contribution in [0, 0.1) is 6.92 Å².